The predicted molar refractivity (Wildman–Crippen MR) is 101 cm³/mol. The average molecular weight is 390 g/mol. The number of benzene rings is 2. The van der Waals surface area contributed by atoms with E-state index in [1.807, 2.05) is 6.07 Å². The van der Waals surface area contributed by atoms with Gasteiger partial charge in [-0.1, -0.05) is 30.3 Å². The van der Waals surface area contributed by atoms with Crippen LogP contribution in [0.2, 0.25) is 0 Å². The van der Waals surface area contributed by atoms with Crippen molar-refractivity contribution in [2.45, 2.75) is 17.4 Å². The molecule has 0 fully saturated rings. The zero-order chi connectivity index (χ0) is 20.2. The van der Waals surface area contributed by atoms with E-state index in [2.05, 4.69) is 0 Å². The lowest BCUT2D eigenvalue weighted by atomic mass is 10.0. The Balaban J connectivity index is 2.23. The van der Waals surface area contributed by atoms with Crippen molar-refractivity contribution < 1.29 is 23.1 Å². The molecule has 0 aliphatic carbocycles. The normalized spacial score (nSPS) is 12.6. The number of hydrogen-bond donors (Lipinski definition) is 1. The fourth-order valence-electron chi connectivity index (χ4n) is 2.55. The summed E-state index contributed by atoms with van der Waals surface area (Å²) in [4.78, 5) is 25.6. The molecule has 2 rings (SSSR count). The van der Waals surface area contributed by atoms with Crippen LogP contribution in [0.5, 0.6) is 0 Å². The minimum absolute atomic E-state index is 0.0609. The molecule has 0 aliphatic heterocycles. The third-order valence-corrected chi connectivity index (χ3v) is 6.05. The maximum absolute atomic E-state index is 12.7. The molecule has 0 radical (unpaired) electrons. The van der Waals surface area contributed by atoms with Crippen LogP contribution in [0.4, 0.5) is 0 Å². The van der Waals surface area contributed by atoms with Crippen LogP contribution in [0, 0.1) is 0 Å². The molecule has 0 aromatic heterocycles. The van der Waals surface area contributed by atoms with Gasteiger partial charge in [-0.25, -0.2) is 17.5 Å². The van der Waals surface area contributed by atoms with E-state index in [1.54, 1.807) is 24.3 Å². The minimum atomic E-state index is -3.60. The fraction of sp³-hybridized carbons (Fsp3) is 0.263. The SMILES string of the molecule is CN(C(=O)c1ccc(S(=O)(=O)N(C)C)cc1)C(Cc1ccccc1)C(=O)O. The molecule has 8 heteroatoms. The molecule has 1 atom stereocenters. The molecule has 2 aromatic carbocycles. The van der Waals surface area contributed by atoms with Gasteiger partial charge in [-0.15, -0.1) is 0 Å². The van der Waals surface area contributed by atoms with Gasteiger partial charge in [0.1, 0.15) is 6.04 Å². The minimum Gasteiger partial charge on any atom is -0.480 e. The summed E-state index contributed by atoms with van der Waals surface area (Å²) in [6, 6.07) is 13.5. The first-order chi connectivity index (χ1) is 12.6. The fourth-order valence-corrected chi connectivity index (χ4v) is 3.45. The van der Waals surface area contributed by atoms with Crippen LogP contribution in [0.3, 0.4) is 0 Å². The number of rotatable bonds is 7. The zero-order valence-corrected chi connectivity index (χ0v) is 16.2. The first-order valence-electron chi connectivity index (χ1n) is 8.21. The Bertz CT molecular complexity index is 909. The standard InChI is InChI=1S/C19H22N2O5S/c1-20(2)27(25,26)16-11-9-15(10-12-16)18(22)21(3)17(19(23)24)13-14-7-5-4-6-8-14/h4-12,17H,13H2,1-3H3,(H,23,24). The summed E-state index contributed by atoms with van der Waals surface area (Å²) in [7, 11) is 0.669. The highest BCUT2D eigenvalue weighted by molar-refractivity contribution is 7.89. The van der Waals surface area contributed by atoms with E-state index in [1.165, 1.54) is 45.4 Å². The first-order valence-corrected chi connectivity index (χ1v) is 9.65. The van der Waals surface area contributed by atoms with Crippen molar-refractivity contribution in [3.63, 3.8) is 0 Å². The number of carbonyl (C=O) groups is 2. The van der Waals surface area contributed by atoms with Crippen molar-refractivity contribution in [2.75, 3.05) is 21.1 Å². The summed E-state index contributed by atoms with van der Waals surface area (Å²) in [5.41, 5.74) is 1.02. The van der Waals surface area contributed by atoms with Gasteiger partial charge in [0.05, 0.1) is 4.90 Å². The molecule has 0 bridgehead atoms. The van der Waals surface area contributed by atoms with Gasteiger partial charge in [-0.05, 0) is 29.8 Å². The Labute approximate surface area is 158 Å². The maximum atomic E-state index is 12.7. The van der Waals surface area contributed by atoms with Crippen molar-refractivity contribution >= 4 is 21.9 Å². The molecule has 0 aliphatic rings. The summed E-state index contributed by atoms with van der Waals surface area (Å²) >= 11 is 0. The lowest BCUT2D eigenvalue weighted by Crippen LogP contribution is -2.43. The zero-order valence-electron chi connectivity index (χ0n) is 15.4. The highest BCUT2D eigenvalue weighted by Crippen LogP contribution is 2.17. The third-order valence-electron chi connectivity index (χ3n) is 4.22. The van der Waals surface area contributed by atoms with Gasteiger partial charge in [-0.3, -0.25) is 4.79 Å². The molecular weight excluding hydrogens is 368 g/mol. The number of likely N-dealkylation sites (N-methyl/N-ethyl adjacent to an activating group) is 1. The topological polar surface area (TPSA) is 95.0 Å². The first kappa shape index (κ1) is 20.6. The van der Waals surface area contributed by atoms with E-state index in [4.69, 9.17) is 0 Å². The smallest absolute Gasteiger partial charge is 0.326 e. The highest BCUT2D eigenvalue weighted by Gasteiger charge is 2.28. The Morgan fingerprint density at radius 2 is 1.52 bits per heavy atom. The number of nitrogens with zero attached hydrogens (tertiary/aromatic N) is 2. The van der Waals surface area contributed by atoms with Crippen LogP contribution in [0.15, 0.2) is 59.5 Å². The molecule has 144 valence electrons. The Kier molecular flexibility index (Phi) is 6.35. The van der Waals surface area contributed by atoms with Gasteiger partial charge in [-0.2, -0.15) is 0 Å². The van der Waals surface area contributed by atoms with Crippen LogP contribution in [-0.2, 0) is 21.2 Å². The monoisotopic (exact) mass is 390 g/mol. The summed E-state index contributed by atoms with van der Waals surface area (Å²) in [6.45, 7) is 0. The van der Waals surface area contributed by atoms with Gasteiger partial charge in [0, 0.05) is 33.1 Å². The molecule has 1 amide bonds. The summed E-state index contributed by atoms with van der Waals surface area (Å²) in [5, 5.41) is 9.53. The van der Waals surface area contributed by atoms with Gasteiger partial charge < -0.3 is 10.0 Å². The van der Waals surface area contributed by atoms with E-state index >= 15 is 0 Å². The molecule has 1 unspecified atom stereocenters. The van der Waals surface area contributed by atoms with Crippen LogP contribution in [0.1, 0.15) is 15.9 Å². The van der Waals surface area contributed by atoms with Crippen molar-refractivity contribution in [1.82, 2.24) is 9.21 Å². The Hall–Kier alpha value is -2.71. The molecule has 2 aromatic rings. The quantitative estimate of drug-likeness (QED) is 0.777. The summed E-state index contributed by atoms with van der Waals surface area (Å²) in [6.07, 6.45) is 0.172. The number of carboxylic acid groups (broad SMARTS) is 1. The molecule has 0 spiro atoms. The number of aliphatic carboxylic acids is 1. The molecule has 0 heterocycles. The van der Waals surface area contributed by atoms with Crippen LogP contribution < -0.4 is 0 Å². The van der Waals surface area contributed by atoms with Gasteiger partial charge in [0.15, 0.2) is 0 Å². The van der Waals surface area contributed by atoms with Crippen LogP contribution in [-0.4, -0.2) is 61.8 Å². The largest absolute Gasteiger partial charge is 0.480 e. The van der Waals surface area contributed by atoms with E-state index < -0.39 is 27.9 Å². The second-order valence-corrected chi connectivity index (χ2v) is 8.42. The van der Waals surface area contributed by atoms with Crippen molar-refractivity contribution in [3.8, 4) is 0 Å². The maximum Gasteiger partial charge on any atom is 0.326 e. The number of carboxylic acids is 1. The third kappa shape index (κ3) is 4.72. The number of amides is 1. The molecule has 7 nitrogen and oxygen atoms in total. The van der Waals surface area contributed by atoms with Crippen molar-refractivity contribution in [2.24, 2.45) is 0 Å². The predicted octanol–water partition coefficient (Wildman–Crippen LogP) is 1.70. The van der Waals surface area contributed by atoms with E-state index in [0.717, 1.165) is 14.8 Å². The van der Waals surface area contributed by atoms with Gasteiger partial charge in [0.25, 0.3) is 5.91 Å². The Morgan fingerprint density at radius 3 is 2.00 bits per heavy atom. The molecule has 27 heavy (non-hydrogen) atoms. The Morgan fingerprint density at radius 1 is 0.963 bits per heavy atom. The number of sulfonamides is 1. The van der Waals surface area contributed by atoms with Crippen LogP contribution in [0.25, 0.3) is 0 Å². The van der Waals surface area contributed by atoms with Crippen molar-refractivity contribution in [3.05, 3.63) is 65.7 Å². The molecule has 0 saturated heterocycles. The van der Waals surface area contributed by atoms with Crippen LogP contribution >= 0.6 is 0 Å². The molecule has 1 N–H and O–H groups in total. The van der Waals surface area contributed by atoms with E-state index in [-0.39, 0.29) is 16.9 Å². The number of hydrogen-bond acceptors (Lipinski definition) is 4. The van der Waals surface area contributed by atoms with E-state index in [9.17, 15) is 23.1 Å². The number of carbonyl (C=O) groups excluding carboxylic acids is 1. The highest BCUT2D eigenvalue weighted by atomic mass is 32.2. The van der Waals surface area contributed by atoms with Gasteiger partial charge in [0.2, 0.25) is 10.0 Å². The second kappa shape index (κ2) is 8.32. The molecule has 0 saturated carbocycles. The summed E-state index contributed by atoms with van der Waals surface area (Å²) < 4.78 is 25.3. The molecular formula is C19H22N2O5S. The van der Waals surface area contributed by atoms with E-state index in [0.29, 0.717) is 0 Å². The lowest BCUT2D eigenvalue weighted by Gasteiger charge is -2.25. The average Bonchev–Trinajstić information content (AvgIpc) is 2.65. The van der Waals surface area contributed by atoms with Gasteiger partial charge >= 0.3 is 5.97 Å². The lowest BCUT2D eigenvalue weighted by molar-refractivity contribution is -0.141. The second-order valence-electron chi connectivity index (χ2n) is 6.27. The van der Waals surface area contributed by atoms with Crippen molar-refractivity contribution in [1.29, 1.82) is 0 Å². The summed E-state index contributed by atoms with van der Waals surface area (Å²) in [5.74, 6) is -1.60.